The van der Waals surface area contributed by atoms with Gasteiger partial charge in [0.2, 0.25) is 11.8 Å². The molecule has 2 saturated heterocycles. The highest BCUT2D eigenvalue weighted by atomic mass is 16.5. The maximum atomic E-state index is 12.7. The van der Waals surface area contributed by atoms with E-state index in [1.165, 1.54) is 16.0 Å². The van der Waals surface area contributed by atoms with E-state index in [4.69, 9.17) is 4.74 Å². The van der Waals surface area contributed by atoms with Crippen LogP contribution in [0, 0.1) is 0 Å². The van der Waals surface area contributed by atoms with Crippen LogP contribution >= 0.6 is 0 Å². The Kier molecular flexibility index (Phi) is 7.33. The van der Waals surface area contributed by atoms with Crippen molar-refractivity contribution in [2.24, 2.45) is 0 Å². The van der Waals surface area contributed by atoms with Crippen LogP contribution in [0.15, 0.2) is 60.7 Å². The second-order valence-corrected chi connectivity index (χ2v) is 8.29. The summed E-state index contributed by atoms with van der Waals surface area (Å²) in [6.45, 7) is 5.72. The normalized spacial score (nSPS) is 17.7. The molecule has 164 valence electrons. The van der Waals surface area contributed by atoms with Crippen LogP contribution in [0.5, 0.6) is 0 Å². The average molecular weight is 423 g/mol. The van der Waals surface area contributed by atoms with E-state index in [9.17, 15) is 9.59 Å². The van der Waals surface area contributed by atoms with Crippen molar-refractivity contribution >= 4 is 11.8 Å². The smallest absolute Gasteiger partial charge is 0.223 e. The Bertz CT molecular complexity index is 805. The Hall–Kier alpha value is -2.70. The molecule has 1 N–H and O–H groups in total. The van der Waals surface area contributed by atoms with Crippen LogP contribution in [0.2, 0.25) is 0 Å². The van der Waals surface area contributed by atoms with Gasteiger partial charge in [0.15, 0.2) is 0 Å². The van der Waals surface area contributed by atoms with Crippen molar-refractivity contribution < 1.29 is 19.2 Å². The lowest BCUT2D eigenvalue weighted by molar-refractivity contribution is -0.929. The first-order chi connectivity index (χ1) is 15.2. The Morgan fingerprint density at radius 2 is 1.19 bits per heavy atom. The number of carbonyl (C=O) groups excluding carboxylic acids is 2. The number of morpholine rings is 1. The van der Waals surface area contributed by atoms with Gasteiger partial charge in [-0.3, -0.25) is 9.59 Å². The quantitative estimate of drug-likeness (QED) is 0.760. The molecule has 6 nitrogen and oxygen atoms in total. The van der Waals surface area contributed by atoms with Crippen LogP contribution in [0.1, 0.15) is 30.0 Å². The van der Waals surface area contributed by atoms with Crippen LogP contribution in [-0.4, -0.2) is 74.1 Å². The highest BCUT2D eigenvalue weighted by Gasteiger charge is 2.31. The van der Waals surface area contributed by atoms with Crippen molar-refractivity contribution in [1.29, 1.82) is 0 Å². The third-order valence-corrected chi connectivity index (χ3v) is 6.35. The molecule has 0 atom stereocenters. The second kappa shape index (κ2) is 10.6. The first kappa shape index (κ1) is 21.5. The van der Waals surface area contributed by atoms with E-state index < -0.39 is 0 Å². The van der Waals surface area contributed by atoms with Crippen LogP contribution < -0.4 is 4.90 Å². The van der Waals surface area contributed by atoms with Gasteiger partial charge in [0, 0.05) is 37.1 Å². The van der Waals surface area contributed by atoms with E-state index in [-0.39, 0.29) is 17.9 Å². The van der Waals surface area contributed by atoms with Gasteiger partial charge >= 0.3 is 0 Å². The minimum Gasteiger partial charge on any atom is -0.378 e. The number of carbonyl (C=O) groups is 2. The molecule has 0 spiro atoms. The van der Waals surface area contributed by atoms with Gasteiger partial charge in [-0.05, 0) is 0 Å². The van der Waals surface area contributed by atoms with Gasteiger partial charge in [0.1, 0.15) is 6.04 Å². The molecule has 0 bridgehead atoms. The third-order valence-electron chi connectivity index (χ3n) is 6.35. The van der Waals surface area contributed by atoms with E-state index in [1.54, 1.807) is 0 Å². The van der Waals surface area contributed by atoms with Gasteiger partial charge in [0.25, 0.3) is 0 Å². The molecular weight excluding hydrogens is 390 g/mol. The Morgan fingerprint density at radius 1 is 0.742 bits per heavy atom. The first-order valence-electron chi connectivity index (χ1n) is 11.3. The molecule has 0 radical (unpaired) electrons. The van der Waals surface area contributed by atoms with E-state index in [0.717, 1.165) is 26.2 Å². The van der Waals surface area contributed by atoms with Crippen molar-refractivity contribution in [2.75, 3.05) is 52.5 Å². The number of nitrogens with zero attached hydrogens (tertiary/aromatic N) is 2. The summed E-state index contributed by atoms with van der Waals surface area (Å²) < 4.78 is 5.29. The van der Waals surface area contributed by atoms with Gasteiger partial charge in [-0.2, -0.15) is 0 Å². The third kappa shape index (κ3) is 5.51. The zero-order chi connectivity index (χ0) is 21.5. The molecular formula is C25H32N3O3+. The van der Waals surface area contributed by atoms with Crippen LogP contribution in [-0.2, 0) is 14.3 Å². The number of benzene rings is 2. The van der Waals surface area contributed by atoms with E-state index in [1.807, 2.05) is 9.80 Å². The van der Waals surface area contributed by atoms with Crippen LogP contribution in [0.3, 0.4) is 0 Å². The zero-order valence-electron chi connectivity index (χ0n) is 18.0. The topological polar surface area (TPSA) is 54.3 Å². The summed E-state index contributed by atoms with van der Waals surface area (Å²) in [6, 6.07) is 21.5. The van der Waals surface area contributed by atoms with Crippen molar-refractivity contribution in [3.05, 3.63) is 71.8 Å². The summed E-state index contributed by atoms with van der Waals surface area (Å²) in [5.74, 6) is 0.158. The van der Waals surface area contributed by atoms with Crippen molar-refractivity contribution in [2.45, 2.75) is 18.9 Å². The number of amides is 2. The summed E-state index contributed by atoms with van der Waals surface area (Å²) in [6.07, 6.45) is 0.592. The maximum absolute atomic E-state index is 12.7. The molecule has 2 amide bonds. The van der Waals surface area contributed by atoms with Crippen molar-refractivity contribution in [1.82, 2.24) is 9.80 Å². The lowest BCUT2D eigenvalue weighted by Gasteiger charge is -2.37. The zero-order valence-corrected chi connectivity index (χ0v) is 18.0. The molecule has 2 aromatic carbocycles. The molecule has 2 aliphatic heterocycles. The summed E-state index contributed by atoms with van der Waals surface area (Å²) in [4.78, 5) is 30.3. The molecule has 2 heterocycles. The van der Waals surface area contributed by atoms with Gasteiger partial charge in [-0.25, -0.2) is 0 Å². The van der Waals surface area contributed by atoms with Crippen molar-refractivity contribution in [3.63, 3.8) is 0 Å². The first-order valence-corrected chi connectivity index (χ1v) is 11.3. The number of hydrogen-bond donors (Lipinski definition) is 1. The summed E-state index contributed by atoms with van der Waals surface area (Å²) >= 11 is 0. The highest BCUT2D eigenvalue weighted by Crippen LogP contribution is 2.19. The molecule has 2 fully saturated rings. The lowest BCUT2D eigenvalue weighted by atomic mass is 9.96. The molecule has 4 rings (SSSR count). The minimum absolute atomic E-state index is 0.0640. The molecule has 31 heavy (non-hydrogen) atoms. The van der Waals surface area contributed by atoms with E-state index in [0.29, 0.717) is 39.1 Å². The number of nitrogens with one attached hydrogen (secondary N) is 1. The molecule has 6 heteroatoms. The monoisotopic (exact) mass is 422 g/mol. The Labute approximate surface area is 184 Å². The second-order valence-electron chi connectivity index (χ2n) is 8.29. The predicted octanol–water partition coefficient (Wildman–Crippen LogP) is 1.14. The number of rotatable bonds is 6. The minimum atomic E-state index is 0.0640. The van der Waals surface area contributed by atoms with Crippen LogP contribution in [0.25, 0.3) is 0 Å². The van der Waals surface area contributed by atoms with E-state index in [2.05, 4.69) is 60.7 Å². The summed E-state index contributed by atoms with van der Waals surface area (Å²) in [7, 11) is 0. The number of hydrogen-bond acceptors (Lipinski definition) is 3. The van der Waals surface area contributed by atoms with Gasteiger partial charge in [-0.1, -0.05) is 60.7 Å². The Balaban J connectivity index is 1.33. The molecule has 2 aromatic rings. The number of quaternary nitrogens is 1. The van der Waals surface area contributed by atoms with Crippen LogP contribution in [0.4, 0.5) is 0 Å². The van der Waals surface area contributed by atoms with Crippen molar-refractivity contribution in [3.8, 4) is 0 Å². The number of piperazine rings is 1. The lowest BCUT2D eigenvalue weighted by Crippen LogP contribution is -3.15. The molecule has 2 aliphatic rings. The standard InChI is InChI=1S/C25H31N3O3/c29-23(11-12-24(30)27-17-19-31-20-18-27)26-13-15-28(16-14-26)25(21-7-3-1-4-8-21)22-9-5-2-6-10-22/h1-10,25H,11-20H2/p+1. The maximum Gasteiger partial charge on any atom is 0.223 e. The van der Waals surface area contributed by atoms with Gasteiger partial charge < -0.3 is 19.4 Å². The SMILES string of the molecule is O=C(CCC(=O)N1CC[NH+](C(c2ccccc2)c2ccccc2)CC1)N1CCOCC1. The average Bonchev–Trinajstić information content (AvgIpc) is 2.85. The summed E-state index contributed by atoms with van der Waals surface area (Å²) in [5.41, 5.74) is 2.61. The van der Waals surface area contributed by atoms with E-state index >= 15 is 0 Å². The largest absolute Gasteiger partial charge is 0.378 e. The molecule has 0 aliphatic carbocycles. The summed E-state index contributed by atoms with van der Waals surface area (Å²) in [5, 5.41) is 0. The fourth-order valence-corrected chi connectivity index (χ4v) is 4.63. The van der Waals surface area contributed by atoms with Gasteiger partial charge in [-0.15, -0.1) is 0 Å². The highest BCUT2D eigenvalue weighted by molar-refractivity contribution is 5.84. The van der Waals surface area contributed by atoms with Gasteiger partial charge in [0.05, 0.1) is 39.4 Å². The molecule has 0 unspecified atom stereocenters. The predicted molar refractivity (Wildman–Crippen MR) is 119 cm³/mol. The fourth-order valence-electron chi connectivity index (χ4n) is 4.63. The molecule has 0 saturated carbocycles. The molecule has 0 aromatic heterocycles. The number of ether oxygens (including phenoxy) is 1. The Morgan fingerprint density at radius 3 is 1.68 bits per heavy atom. The fraction of sp³-hybridized carbons (Fsp3) is 0.440.